The number of nitrogens with zero attached hydrogens (tertiary/aromatic N) is 3. The third-order valence-electron chi connectivity index (χ3n) is 4.70. The zero-order valence-electron chi connectivity index (χ0n) is 15.9. The Morgan fingerprint density at radius 1 is 1.22 bits per heavy atom. The number of morpholine rings is 1. The SMILES string of the molecule is CC(C)N1C(=O)COC(C(=O)N(C)Cc2ccccn2)C1c1ccccc1. The first-order valence-electron chi connectivity index (χ1n) is 9.11. The molecule has 0 radical (unpaired) electrons. The van der Waals surface area contributed by atoms with Crippen molar-refractivity contribution in [2.24, 2.45) is 0 Å². The lowest BCUT2D eigenvalue weighted by Gasteiger charge is -2.43. The van der Waals surface area contributed by atoms with Gasteiger partial charge in [0.15, 0.2) is 6.10 Å². The normalized spacial score (nSPS) is 20.0. The molecule has 6 nitrogen and oxygen atoms in total. The van der Waals surface area contributed by atoms with Crippen molar-refractivity contribution in [1.82, 2.24) is 14.8 Å². The third-order valence-corrected chi connectivity index (χ3v) is 4.70. The van der Waals surface area contributed by atoms with Crippen LogP contribution in [0.2, 0.25) is 0 Å². The van der Waals surface area contributed by atoms with Gasteiger partial charge < -0.3 is 14.5 Å². The fourth-order valence-electron chi connectivity index (χ4n) is 3.46. The lowest BCUT2D eigenvalue weighted by atomic mass is 9.95. The standard InChI is InChI=1S/C21H25N3O3/c1-15(2)24-18(25)14-27-20(19(24)16-9-5-4-6-10-16)21(26)23(3)13-17-11-7-8-12-22-17/h4-12,15,19-20H,13-14H2,1-3H3. The summed E-state index contributed by atoms with van der Waals surface area (Å²) >= 11 is 0. The first-order valence-corrected chi connectivity index (χ1v) is 9.11. The fraction of sp³-hybridized carbons (Fsp3) is 0.381. The average Bonchev–Trinajstić information content (AvgIpc) is 2.68. The molecule has 142 valence electrons. The molecule has 0 spiro atoms. The van der Waals surface area contributed by atoms with E-state index < -0.39 is 12.1 Å². The minimum atomic E-state index is -0.749. The molecule has 0 aliphatic carbocycles. The Balaban J connectivity index is 1.89. The summed E-state index contributed by atoms with van der Waals surface area (Å²) in [5, 5.41) is 0. The van der Waals surface area contributed by atoms with Crippen LogP contribution in [0.1, 0.15) is 31.1 Å². The zero-order valence-corrected chi connectivity index (χ0v) is 15.9. The van der Waals surface area contributed by atoms with Gasteiger partial charge in [0.25, 0.3) is 5.91 Å². The number of aromatic nitrogens is 1. The summed E-state index contributed by atoms with van der Waals surface area (Å²) in [5.41, 5.74) is 1.70. The number of likely N-dealkylation sites (N-methyl/N-ethyl adjacent to an activating group) is 1. The number of pyridine rings is 1. The maximum atomic E-state index is 13.2. The van der Waals surface area contributed by atoms with E-state index in [0.717, 1.165) is 11.3 Å². The quantitative estimate of drug-likeness (QED) is 0.814. The van der Waals surface area contributed by atoms with Gasteiger partial charge in [-0.1, -0.05) is 36.4 Å². The van der Waals surface area contributed by atoms with Crippen LogP contribution in [0.15, 0.2) is 54.7 Å². The second-order valence-electron chi connectivity index (χ2n) is 7.00. The largest absolute Gasteiger partial charge is 0.356 e. The average molecular weight is 367 g/mol. The Morgan fingerprint density at radius 2 is 1.93 bits per heavy atom. The molecule has 2 heterocycles. The first kappa shape index (κ1) is 19.0. The van der Waals surface area contributed by atoms with Crippen molar-refractivity contribution in [3.63, 3.8) is 0 Å². The summed E-state index contributed by atoms with van der Waals surface area (Å²) in [6.07, 6.45) is 0.956. The molecule has 1 aliphatic rings. The highest BCUT2D eigenvalue weighted by molar-refractivity contribution is 5.86. The smallest absolute Gasteiger partial charge is 0.254 e. The molecule has 3 rings (SSSR count). The van der Waals surface area contributed by atoms with Crippen LogP contribution in [-0.2, 0) is 20.9 Å². The van der Waals surface area contributed by atoms with E-state index in [4.69, 9.17) is 4.74 Å². The van der Waals surface area contributed by atoms with Crippen LogP contribution < -0.4 is 0 Å². The van der Waals surface area contributed by atoms with Gasteiger partial charge in [-0.2, -0.15) is 0 Å². The fourth-order valence-corrected chi connectivity index (χ4v) is 3.46. The van der Waals surface area contributed by atoms with Gasteiger partial charge in [0.1, 0.15) is 6.61 Å². The lowest BCUT2D eigenvalue weighted by molar-refractivity contribution is -0.171. The molecule has 27 heavy (non-hydrogen) atoms. The monoisotopic (exact) mass is 367 g/mol. The minimum absolute atomic E-state index is 0.0389. The Bertz CT molecular complexity index is 780. The Labute approximate surface area is 159 Å². The zero-order chi connectivity index (χ0) is 19.4. The Kier molecular flexibility index (Phi) is 5.86. The van der Waals surface area contributed by atoms with E-state index in [2.05, 4.69) is 4.98 Å². The maximum absolute atomic E-state index is 13.2. The molecule has 1 aliphatic heterocycles. The molecular weight excluding hydrogens is 342 g/mol. The Hall–Kier alpha value is -2.73. The van der Waals surface area contributed by atoms with Crippen molar-refractivity contribution >= 4 is 11.8 Å². The van der Waals surface area contributed by atoms with Crippen molar-refractivity contribution in [3.05, 3.63) is 66.0 Å². The highest BCUT2D eigenvalue weighted by Crippen LogP contribution is 2.33. The number of carbonyl (C=O) groups is 2. The summed E-state index contributed by atoms with van der Waals surface area (Å²) in [6.45, 7) is 4.21. The number of hydrogen-bond acceptors (Lipinski definition) is 4. The highest BCUT2D eigenvalue weighted by Gasteiger charge is 2.43. The third kappa shape index (κ3) is 4.17. The predicted molar refractivity (Wildman–Crippen MR) is 102 cm³/mol. The summed E-state index contributed by atoms with van der Waals surface area (Å²) in [7, 11) is 1.73. The van der Waals surface area contributed by atoms with Gasteiger partial charge in [0, 0.05) is 19.3 Å². The number of rotatable bonds is 5. The molecule has 2 unspecified atom stereocenters. The predicted octanol–water partition coefficient (Wildman–Crippen LogP) is 2.42. The van der Waals surface area contributed by atoms with E-state index in [0.29, 0.717) is 6.54 Å². The molecule has 0 N–H and O–H groups in total. The van der Waals surface area contributed by atoms with Crippen LogP contribution in [-0.4, -0.2) is 52.4 Å². The van der Waals surface area contributed by atoms with Gasteiger partial charge in [-0.05, 0) is 31.5 Å². The van der Waals surface area contributed by atoms with E-state index >= 15 is 0 Å². The number of carbonyl (C=O) groups excluding carboxylic acids is 2. The number of ether oxygens (including phenoxy) is 1. The summed E-state index contributed by atoms with van der Waals surface area (Å²) < 4.78 is 5.76. The van der Waals surface area contributed by atoms with Crippen molar-refractivity contribution in [1.29, 1.82) is 0 Å². The molecular formula is C21H25N3O3. The summed E-state index contributed by atoms with van der Waals surface area (Å²) in [5.74, 6) is -0.261. The van der Waals surface area contributed by atoms with Crippen LogP contribution in [0.25, 0.3) is 0 Å². The molecule has 1 saturated heterocycles. The van der Waals surface area contributed by atoms with Crippen molar-refractivity contribution < 1.29 is 14.3 Å². The van der Waals surface area contributed by atoms with Crippen LogP contribution in [0, 0.1) is 0 Å². The van der Waals surface area contributed by atoms with Crippen molar-refractivity contribution in [3.8, 4) is 0 Å². The van der Waals surface area contributed by atoms with Crippen LogP contribution in [0.3, 0.4) is 0 Å². The molecule has 1 aromatic heterocycles. The van der Waals surface area contributed by atoms with E-state index in [-0.39, 0.29) is 24.5 Å². The highest BCUT2D eigenvalue weighted by atomic mass is 16.5. The van der Waals surface area contributed by atoms with Crippen molar-refractivity contribution in [2.45, 2.75) is 38.6 Å². The van der Waals surface area contributed by atoms with Crippen LogP contribution in [0.5, 0.6) is 0 Å². The van der Waals surface area contributed by atoms with Crippen LogP contribution >= 0.6 is 0 Å². The minimum Gasteiger partial charge on any atom is -0.356 e. The van der Waals surface area contributed by atoms with Crippen molar-refractivity contribution in [2.75, 3.05) is 13.7 Å². The molecule has 6 heteroatoms. The molecule has 1 aromatic carbocycles. The lowest BCUT2D eigenvalue weighted by Crippen LogP contribution is -2.56. The molecule has 2 amide bonds. The van der Waals surface area contributed by atoms with Gasteiger partial charge in [-0.3, -0.25) is 14.6 Å². The van der Waals surface area contributed by atoms with Gasteiger partial charge in [0.05, 0.1) is 18.3 Å². The van der Waals surface area contributed by atoms with Gasteiger partial charge in [-0.25, -0.2) is 0 Å². The van der Waals surface area contributed by atoms with Gasteiger partial charge in [0.2, 0.25) is 5.91 Å². The van der Waals surface area contributed by atoms with E-state index in [1.54, 1.807) is 23.0 Å². The Morgan fingerprint density at radius 3 is 2.56 bits per heavy atom. The first-order chi connectivity index (χ1) is 13.0. The number of amides is 2. The molecule has 0 saturated carbocycles. The molecule has 2 aromatic rings. The maximum Gasteiger partial charge on any atom is 0.254 e. The second kappa shape index (κ2) is 8.31. The molecule has 1 fully saturated rings. The van der Waals surface area contributed by atoms with Crippen LogP contribution in [0.4, 0.5) is 0 Å². The summed E-state index contributed by atoms with van der Waals surface area (Å²) in [6, 6.07) is 14.7. The van der Waals surface area contributed by atoms with E-state index in [9.17, 15) is 9.59 Å². The van der Waals surface area contributed by atoms with E-state index in [1.165, 1.54) is 0 Å². The van der Waals surface area contributed by atoms with Gasteiger partial charge in [-0.15, -0.1) is 0 Å². The molecule has 0 bridgehead atoms. The number of benzene rings is 1. The molecule has 2 atom stereocenters. The summed E-state index contributed by atoms with van der Waals surface area (Å²) in [4.78, 5) is 33.4. The van der Waals surface area contributed by atoms with Gasteiger partial charge >= 0.3 is 0 Å². The topological polar surface area (TPSA) is 62.7 Å². The number of hydrogen-bond donors (Lipinski definition) is 0. The van der Waals surface area contributed by atoms with E-state index in [1.807, 2.05) is 62.4 Å². The second-order valence-corrected chi connectivity index (χ2v) is 7.00.